The zero-order valence-electron chi connectivity index (χ0n) is 14.0. The van der Waals surface area contributed by atoms with Gasteiger partial charge in [-0.05, 0) is 18.9 Å². The van der Waals surface area contributed by atoms with Gasteiger partial charge in [-0.15, -0.1) is 10.2 Å². The van der Waals surface area contributed by atoms with Crippen LogP contribution in [-0.4, -0.2) is 78.1 Å². The van der Waals surface area contributed by atoms with Crippen LogP contribution >= 0.6 is 0 Å². The summed E-state index contributed by atoms with van der Waals surface area (Å²) in [6, 6.07) is 1.45. The van der Waals surface area contributed by atoms with Crippen LogP contribution in [0.3, 0.4) is 0 Å². The van der Waals surface area contributed by atoms with Gasteiger partial charge in [0, 0.05) is 32.4 Å². The Bertz CT molecular complexity index is 893. The number of hydrogen-bond donors (Lipinski definition) is 1. The standard InChI is InChI=1S/C15H19N5O5S/c21-15(19-5-7-24-8-6-19)14-18-17-13(25-14)12-9-11(10-16-12)26(22,23)20-3-1-2-4-20/h9-10,16H,1-8H2. The lowest BCUT2D eigenvalue weighted by atomic mass is 10.4. The molecule has 2 fully saturated rings. The number of nitrogens with one attached hydrogen (secondary N) is 1. The molecule has 4 rings (SSSR count). The summed E-state index contributed by atoms with van der Waals surface area (Å²) in [5, 5.41) is 7.65. The largest absolute Gasteiger partial charge is 0.411 e. The molecule has 26 heavy (non-hydrogen) atoms. The van der Waals surface area contributed by atoms with E-state index in [1.54, 1.807) is 4.90 Å². The van der Waals surface area contributed by atoms with Gasteiger partial charge in [-0.2, -0.15) is 4.31 Å². The van der Waals surface area contributed by atoms with Gasteiger partial charge in [0.05, 0.1) is 13.2 Å². The summed E-state index contributed by atoms with van der Waals surface area (Å²) in [6.45, 7) is 2.94. The van der Waals surface area contributed by atoms with E-state index in [1.807, 2.05) is 0 Å². The molecule has 2 saturated heterocycles. The number of ether oxygens (including phenoxy) is 1. The van der Waals surface area contributed by atoms with E-state index in [1.165, 1.54) is 16.6 Å². The smallest absolute Gasteiger partial charge is 0.311 e. The van der Waals surface area contributed by atoms with E-state index in [0.717, 1.165) is 12.8 Å². The molecule has 0 aliphatic carbocycles. The average Bonchev–Trinajstić information content (AvgIpc) is 3.42. The third-order valence-corrected chi connectivity index (χ3v) is 6.37. The normalized spacial score (nSPS) is 19.2. The lowest BCUT2D eigenvalue weighted by molar-refractivity contribution is 0.0278. The molecular weight excluding hydrogens is 362 g/mol. The average molecular weight is 381 g/mol. The van der Waals surface area contributed by atoms with Crippen molar-refractivity contribution in [3.8, 4) is 11.6 Å². The number of morpholine rings is 1. The lowest BCUT2D eigenvalue weighted by Gasteiger charge is -2.25. The molecule has 0 radical (unpaired) electrons. The van der Waals surface area contributed by atoms with Crippen LogP contribution in [0.15, 0.2) is 21.6 Å². The zero-order chi connectivity index (χ0) is 18.1. The molecule has 1 N–H and O–H groups in total. The molecule has 1 amide bonds. The molecule has 4 heterocycles. The molecule has 2 aromatic heterocycles. The molecular formula is C15H19N5O5S. The monoisotopic (exact) mass is 381 g/mol. The van der Waals surface area contributed by atoms with Crippen molar-refractivity contribution in [1.82, 2.24) is 24.4 Å². The van der Waals surface area contributed by atoms with Crippen LogP contribution in [0.4, 0.5) is 0 Å². The molecule has 11 heteroatoms. The maximum absolute atomic E-state index is 12.6. The van der Waals surface area contributed by atoms with E-state index in [-0.39, 0.29) is 22.6 Å². The Morgan fingerprint density at radius 1 is 1.12 bits per heavy atom. The number of carbonyl (C=O) groups excluding carboxylic acids is 1. The molecule has 2 aliphatic heterocycles. The first-order valence-electron chi connectivity index (χ1n) is 8.45. The van der Waals surface area contributed by atoms with Gasteiger partial charge in [-0.3, -0.25) is 4.79 Å². The Morgan fingerprint density at radius 3 is 2.58 bits per heavy atom. The Labute approximate surface area is 150 Å². The van der Waals surface area contributed by atoms with E-state index >= 15 is 0 Å². The lowest BCUT2D eigenvalue weighted by Crippen LogP contribution is -2.40. The summed E-state index contributed by atoms with van der Waals surface area (Å²) in [5.74, 6) is -0.409. The minimum absolute atomic E-state index is 0.0736. The predicted molar refractivity (Wildman–Crippen MR) is 88.8 cm³/mol. The van der Waals surface area contributed by atoms with Gasteiger partial charge in [0.1, 0.15) is 10.6 Å². The van der Waals surface area contributed by atoms with Crippen molar-refractivity contribution < 1.29 is 22.4 Å². The first kappa shape index (κ1) is 17.2. The maximum Gasteiger partial charge on any atom is 0.311 e. The number of aromatic amines is 1. The third kappa shape index (κ3) is 3.13. The number of amides is 1. The van der Waals surface area contributed by atoms with Crippen LogP contribution in [0, 0.1) is 0 Å². The minimum Gasteiger partial charge on any atom is -0.411 e. The van der Waals surface area contributed by atoms with E-state index in [0.29, 0.717) is 45.1 Å². The van der Waals surface area contributed by atoms with Crippen molar-refractivity contribution in [2.45, 2.75) is 17.7 Å². The SMILES string of the molecule is O=C(c1nnc(-c2cc(S(=O)(=O)N3CCCC3)c[nH]2)o1)N1CCOCC1. The van der Waals surface area contributed by atoms with Gasteiger partial charge in [0.15, 0.2) is 0 Å². The first-order chi connectivity index (χ1) is 12.6. The second-order valence-corrected chi connectivity index (χ2v) is 8.12. The van der Waals surface area contributed by atoms with Crippen LogP contribution in [0.1, 0.15) is 23.5 Å². The highest BCUT2D eigenvalue weighted by Crippen LogP contribution is 2.25. The molecule has 0 unspecified atom stereocenters. The fraction of sp³-hybridized carbons (Fsp3) is 0.533. The topological polar surface area (TPSA) is 122 Å². The van der Waals surface area contributed by atoms with Gasteiger partial charge in [-0.1, -0.05) is 0 Å². The molecule has 10 nitrogen and oxygen atoms in total. The summed E-state index contributed by atoms with van der Waals surface area (Å²) >= 11 is 0. The number of carbonyl (C=O) groups is 1. The first-order valence-corrected chi connectivity index (χ1v) is 9.89. The highest BCUT2D eigenvalue weighted by atomic mass is 32.2. The van der Waals surface area contributed by atoms with Gasteiger partial charge >= 0.3 is 11.8 Å². The molecule has 0 saturated carbocycles. The summed E-state index contributed by atoms with van der Waals surface area (Å²) in [6.07, 6.45) is 3.14. The van der Waals surface area contributed by atoms with Crippen molar-refractivity contribution in [2.24, 2.45) is 0 Å². The number of nitrogens with zero attached hydrogens (tertiary/aromatic N) is 4. The number of hydrogen-bond acceptors (Lipinski definition) is 7. The Kier molecular flexibility index (Phi) is 4.51. The Morgan fingerprint density at radius 2 is 1.85 bits per heavy atom. The van der Waals surface area contributed by atoms with Crippen molar-refractivity contribution >= 4 is 15.9 Å². The quantitative estimate of drug-likeness (QED) is 0.809. The van der Waals surface area contributed by atoms with Crippen LogP contribution < -0.4 is 0 Å². The van der Waals surface area contributed by atoms with Crippen molar-refractivity contribution in [2.75, 3.05) is 39.4 Å². The molecule has 0 spiro atoms. The fourth-order valence-corrected chi connectivity index (χ4v) is 4.56. The number of aromatic nitrogens is 3. The second kappa shape index (κ2) is 6.82. The Balaban J connectivity index is 1.53. The summed E-state index contributed by atoms with van der Waals surface area (Å²) < 4.78 is 37.2. The summed E-state index contributed by atoms with van der Waals surface area (Å²) in [7, 11) is -3.53. The van der Waals surface area contributed by atoms with Crippen molar-refractivity contribution in [1.29, 1.82) is 0 Å². The maximum atomic E-state index is 12.6. The molecule has 0 aromatic carbocycles. The third-order valence-electron chi connectivity index (χ3n) is 4.50. The zero-order valence-corrected chi connectivity index (χ0v) is 14.9. The van der Waals surface area contributed by atoms with Crippen molar-refractivity contribution in [3.63, 3.8) is 0 Å². The Hall–Kier alpha value is -2.24. The molecule has 0 atom stereocenters. The molecule has 0 bridgehead atoms. The van der Waals surface area contributed by atoms with Crippen LogP contribution in [0.25, 0.3) is 11.6 Å². The fourth-order valence-electron chi connectivity index (χ4n) is 3.04. The van der Waals surface area contributed by atoms with E-state index in [2.05, 4.69) is 15.2 Å². The number of rotatable bonds is 4. The minimum atomic E-state index is -3.53. The molecule has 2 aromatic rings. The second-order valence-electron chi connectivity index (χ2n) is 6.18. The van der Waals surface area contributed by atoms with E-state index in [4.69, 9.17) is 9.15 Å². The van der Waals surface area contributed by atoms with Crippen molar-refractivity contribution in [3.05, 3.63) is 18.2 Å². The van der Waals surface area contributed by atoms with Gasteiger partial charge in [-0.25, -0.2) is 8.42 Å². The van der Waals surface area contributed by atoms with Crippen LogP contribution in [-0.2, 0) is 14.8 Å². The summed E-state index contributed by atoms with van der Waals surface area (Å²) in [4.78, 5) is 16.9. The van der Waals surface area contributed by atoms with Gasteiger partial charge in [0.2, 0.25) is 10.0 Å². The highest BCUT2D eigenvalue weighted by molar-refractivity contribution is 7.89. The molecule has 2 aliphatic rings. The summed E-state index contributed by atoms with van der Waals surface area (Å²) in [5.41, 5.74) is 0.358. The van der Waals surface area contributed by atoms with Gasteiger partial charge < -0.3 is 19.0 Å². The highest BCUT2D eigenvalue weighted by Gasteiger charge is 2.29. The number of H-pyrrole nitrogens is 1. The van der Waals surface area contributed by atoms with E-state index < -0.39 is 10.0 Å². The predicted octanol–water partition coefficient (Wildman–Crippen LogP) is 0.322. The van der Waals surface area contributed by atoms with E-state index in [9.17, 15) is 13.2 Å². The van der Waals surface area contributed by atoms with Gasteiger partial charge in [0.25, 0.3) is 5.89 Å². The van der Waals surface area contributed by atoms with Crippen LogP contribution in [0.5, 0.6) is 0 Å². The molecule has 140 valence electrons. The van der Waals surface area contributed by atoms with Crippen LogP contribution in [0.2, 0.25) is 0 Å². The number of sulfonamides is 1.